The van der Waals surface area contributed by atoms with E-state index in [1.165, 1.54) is 16.8 Å². The maximum Gasteiger partial charge on any atom is 0.134 e. The summed E-state index contributed by atoms with van der Waals surface area (Å²) in [6.07, 6.45) is 0. The van der Waals surface area contributed by atoms with Crippen LogP contribution in [0.3, 0.4) is 0 Å². The van der Waals surface area contributed by atoms with Gasteiger partial charge in [-0.3, -0.25) is 0 Å². The second-order valence-corrected chi connectivity index (χ2v) is 4.98. The first-order valence-electron chi connectivity index (χ1n) is 5.51. The number of anilines is 2. The minimum absolute atomic E-state index is 0.853. The molecule has 17 heavy (non-hydrogen) atoms. The van der Waals surface area contributed by atoms with Gasteiger partial charge in [-0.2, -0.15) is 0 Å². The van der Waals surface area contributed by atoms with Gasteiger partial charge in [0, 0.05) is 12.7 Å². The molecule has 0 unspecified atom stereocenters. The third-order valence-corrected chi connectivity index (χ3v) is 3.20. The smallest absolute Gasteiger partial charge is 0.134 e. The van der Waals surface area contributed by atoms with E-state index in [9.17, 15) is 0 Å². The molecule has 0 saturated heterocycles. The van der Waals surface area contributed by atoms with Gasteiger partial charge in [0.25, 0.3) is 0 Å². The summed E-state index contributed by atoms with van der Waals surface area (Å²) in [6, 6.07) is 12.4. The molecule has 0 aliphatic rings. The Bertz CT molecular complexity index is 537. The predicted molar refractivity (Wildman–Crippen MR) is 75.9 cm³/mol. The quantitative estimate of drug-likeness (QED) is 0.770. The first-order valence-corrected chi connectivity index (χ1v) is 6.31. The van der Waals surface area contributed by atoms with E-state index in [2.05, 4.69) is 57.9 Å². The van der Waals surface area contributed by atoms with Crippen LogP contribution in [0.25, 0.3) is 0 Å². The van der Waals surface area contributed by atoms with Gasteiger partial charge < -0.3 is 4.90 Å². The van der Waals surface area contributed by atoms with Crippen LogP contribution in [0, 0.1) is 13.8 Å². The summed E-state index contributed by atoms with van der Waals surface area (Å²) < 4.78 is 0.853. The van der Waals surface area contributed by atoms with Gasteiger partial charge in [-0.1, -0.05) is 23.8 Å². The number of halogens is 1. The Hall–Kier alpha value is -1.35. The first-order chi connectivity index (χ1) is 8.08. The summed E-state index contributed by atoms with van der Waals surface area (Å²) in [7, 11) is 2.03. The molecule has 0 aliphatic carbocycles. The Morgan fingerprint density at radius 2 is 1.88 bits per heavy atom. The molecule has 88 valence electrons. The van der Waals surface area contributed by atoms with E-state index in [1.54, 1.807) is 0 Å². The molecule has 1 heterocycles. The van der Waals surface area contributed by atoms with Gasteiger partial charge in [0.05, 0.1) is 0 Å². The van der Waals surface area contributed by atoms with Crippen molar-refractivity contribution in [1.82, 2.24) is 4.98 Å². The standard InChI is InChI=1S/C14H15BrN2/c1-10-7-8-12(11(2)9-10)17(3)14-6-4-5-13(15)16-14/h4-9H,1-3H3. The Morgan fingerprint density at radius 1 is 1.12 bits per heavy atom. The largest absolute Gasteiger partial charge is 0.329 e. The van der Waals surface area contributed by atoms with Gasteiger partial charge in [0.2, 0.25) is 0 Å². The van der Waals surface area contributed by atoms with Crippen LogP contribution < -0.4 is 4.90 Å². The highest BCUT2D eigenvalue weighted by atomic mass is 79.9. The highest BCUT2D eigenvalue weighted by Crippen LogP contribution is 2.26. The summed E-state index contributed by atoms with van der Waals surface area (Å²) in [6.45, 7) is 4.23. The predicted octanol–water partition coefficient (Wildman–Crippen LogP) is 4.23. The number of hydrogen-bond donors (Lipinski definition) is 0. The average Bonchev–Trinajstić information content (AvgIpc) is 2.28. The number of pyridine rings is 1. The number of hydrogen-bond acceptors (Lipinski definition) is 2. The summed E-state index contributed by atoms with van der Waals surface area (Å²) in [5.74, 6) is 0.936. The van der Waals surface area contributed by atoms with Gasteiger partial charge in [0.15, 0.2) is 0 Å². The molecular formula is C14H15BrN2. The van der Waals surface area contributed by atoms with Crippen LogP contribution >= 0.6 is 15.9 Å². The SMILES string of the molecule is Cc1ccc(N(C)c2cccc(Br)n2)c(C)c1. The van der Waals surface area contributed by atoms with Crippen molar-refractivity contribution in [2.75, 3.05) is 11.9 Å². The molecule has 0 spiro atoms. The van der Waals surface area contributed by atoms with Crippen molar-refractivity contribution in [3.05, 3.63) is 52.1 Å². The van der Waals surface area contributed by atoms with Crippen molar-refractivity contribution < 1.29 is 0 Å². The summed E-state index contributed by atoms with van der Waals surface area (Å²) >= 11 is 3.40. The van der Waals surface area contributed by atoms with Crippen LogP contribution in [0.4, 0.5) is 11.5 Å². The van der Waals surface area contributed by atoms with E-state index in [0.29, 0.717) is 0 Å². The Kier molecular flexibility index (Phi) is 3.48. The molecule has 3 heteroatoms. The molecule has 0 atom stereocenters. The lowest BCUT2D eigenvalue weighted by atomic mass is 10.1. The van der Waals surface area contributed by atoms with E-state index in [4.69, 9.17) is 0 Å². The second kappa shape index (κ2) is 4.88. The van der Waals surface area contributed by atoms with E-state index >= 15 is 0 Å². The molecule has 2 rings (SSSR count). The number of aryl methyl sites for hydroxylation is 2. The van der Waals surface area contributed by atoms with E-state index in [1.807, 2.05) is 25.2 Å². The molecule has 2 nitrogen and oxygen atoms in total. The number of rotatable bonds is 2. The lowest BCUT2D eigenvalue weighted by Gasteiger charge is -2.21. The Balaban J connectivity index is 2.40. The Morgan fingerprint density at radius 3 is 2.53 bits per heavy atom. The molecule has 0 fully saturated rings. The Labute approximate surface area is 110 Å². The molecule has 1 aromatic heterocycles. The summed E-state index contributed by atoms with van der Waals surface area (Å²) in [5, 5.41) is 0. The highest BCUT2D eigenvalue weighted by Gasteiger charge is 2.08. The molecule has 0 radical (unpaired) electrons. The van der Waals surface area contributed by atoms with Crippen molar-refractivity contribution in [3.8, 4) is 0 Å². The zero-order valence-electron chi connectivity index (χ0n) is 10.2. The van der Waals surface area contributed by atoms with Crippen LogP contribution in [0.5, 0.6) is 0 Å². The van der Waals surface area contributed by atoms with E-state index < -0.39 is 0 Å². The van der Waals surface area contributed by atoms with Gasteiger partial charge in [0.1, 0.15) is 10.4 Å². The molecular weight excluding hydrogens is 276 g/mol. The maximum absolute atomic E-state index is 4.46. The van der Waals surface area contributed by atoms with Gasteiger partial charge in [-0.05, 0) is 53.5 Å². The van der Waals surface area contributed by atoms with Gasteiger partial charge in [-0.15, -0.1) is 0 Å². The van der Waals surface area contributed by atoms with E-state index in [0.717, 1.165) is 10.4 Å². The van der Waals surface area contributed by atoms with Crippen LogP contribution in [0.2, 0.25) is 0 Å². The molecule has 0 amide bonds. The molecule has 2 aromatic rings. The fourth-order valence-electron chi connectivity index (χ4n) is 1.89. The zero-order chi connectivity index (χ0) is 12.4. The third kappa shape index (κ3) is 2.67. The van der Waals surface area contributed by atoms with Crippen molar-refractivity contribution in [3.63, 3.8) is 0 Å². The number of nitrogens with zero attached hydrogens (tertiary/aromatic N) is 2. The normalized spacial score (nSPS) is 10.4. The molecule has 1 aromatic carbocycles. The lowest BCUT2D eigenvalue weighted by Crippen LogP contribution is -2.12. The van der Waals surface area contributed by atoms with Crippen molar-refractivity contribution in [1.29, 1.82) is 0 Å². The number of aromatic nitrogens is 1. The van der Waals surface area contributed by atoms with Crippen LogP contribution in [0.1, 0.15) is 11.1 Å². The van der Waals surface area contributed by atoms with Crippen LogP contribution in [-0.2, 0) is 0 Å². The molecule has 0 N–H and O–H groups in total. The fourth-order valence-corrected chi connectivity index (χ4v) is 2.22. The summed E-state index contributed by atoms with van der Waals surface area (Å²) in [4.78, 5) is 6.55. The van der Waals surface area contributed by atoms with Crippen LogP contribution in [0.15, 0.2) is 41.0 Å². The average molecular weight is 291 g/mol. The zero-order valence-corrected chi connectivity index (χ0v) is 11.8. The highest BCUT2D eigenvalue weighted by molar-refractivity contribution is 9.10. The monoisotopic (exact) mass is 290 g/mol. The maximum atomic E-state index is 4.46. The second-order valence-electron chi connectivity index (χ2n) is 4.17. The third-order valence-electron chi connectivity index (χ3n) is 2.76. The summed E-state index contributed by atoms with van der Waals surface area (Å²) in [5.41, 5.74) is 3.72. The van der Waals surface area contributed by atoms with E-state index in [-0.39, 0.29) is 0 Å². The minimum Gasteiger partial charge on any atom is -0.329 e. The van der Waals surface area contributed by atoms with Crippen molar-refractivity contribution in [2.24, 2.45) is 0 Å². The lowest BCUT2D eigenvalue weighted by molar-refractivity contribution is 1.10. The molecule has 0 bridgehead atoms. The number of benzene rings is 1. The minimum atomic E-state index is 0.853. The first kappa shape index (κ1) is 12.1. The van der Waals surface area contributed by atoms with Crippen molar-refractivity contribution in [2.45, 2.75) is 13.8 Å². The molecule has 0 saturated carbocycles. The van der Waals surface area contributed by atoms with Gasteiger partial charge >= 0.3 is 0 Å². The van der Waals surface area contributed by atoms with Gasteiger partial charge in [-0.25, -0.2) is 4.98 Å². The van der Waals surface area contributed by atoms with Crippen molar-refractivity contribution >= 4 is 27.4 Å². The topological polar surface area (TPSA) is 16.1 Å². The van der Waals surface area contributed by atoms with Crippen LogP contribution in [-0.4, -0.2) is 12.0 Å². The fraction of sp³-hybridized carbons (Fsp3) is 0.214. The molecule has 0 aliphatic heterocycles.